The first-order valence-corrected chi connectivity index (χ1v) is 11.0. The van der Waals surface area contributed by atoms with Gasteiger partial charge < -0.3 is 4.90 Å². The van der Waals surface area contributed by atoms with E-state index in [4.69, 9.17) is 11.6 Å². The number of benzene rings is 2. The molecule has 2 N–H and O–H groups in total. The summed E-state index contributed by atoms with van der Waals surface area (Å²) in [4.78, 5) is 28.1. The highest BCUT2D eigenvalue weighted by molar-refractivity contribution is 6.30. The van der Waals surface area contributed by atoms with E-state index in [2.05, 4.69) is 10.7 Å². The van der Waals surface area contributed by atoms with E-state index in [1.54, 1.807) is 34.2 Å². The largest absolute Gasteiger partial charge is 0.336 e. The predicted molar refractivity (Wildman–Crippen MR) is 115 cm³/mol. The van der Waals surface area contributed by atoms with Crippen LogP contribution in [-0.4, -0.2) is 40.5 Å². The fourth-order valence-electron chi connectivity index (χ4n) is 5.05. The lowest BCUT2D eigenvalue weighted by atomic mass is 9.80. The minimum Gasteiger partial charge on any atom is -0.312 e. The summed E-state index contributed by atoms with van der Waals surface area (Å²) in [7, 11) is 0. The van der Waals surface area contributed by atoms with Gasteiger partial charge in [-0.05, 0) is 42.7 Å². The summed E-state index contributed by atoms with van der Waals surface area (Å²) in [5.74, 6) is 0.227. The Morgan fingerprint density at radius 1 is 1.03 bits per heavy atom. The molecule has 2 amide bonds. The molecular formula is C23H25ClN4O2. The van der Waals surface area contributed by atoms with Crippen molar-refractivity contribution in [2.24, 2.45) is 5.92 Å². The Hall–Kier alpha value is -2.41. The molecule has 2 aromatic carbocycles. The van der Waals surface area contributed by atoms with Crippen molar-refractivity contribution in [3.63, 3.8) is 0 Å². The van der Waals surface area contributed by atoms with E-state index < -0.39 is 0 Å². The normalized spacial score (nSPS) is 28.2. The molecule has 4 atom stereocenters. The van der Waals surface area contributed by atoms with Gasteiger partial charge in [-0.2, -0.15) is 0 Å². The molecule has 156 valence electrons. The summed E-state index contributed by atoms with van der Waals surface area (Å²) >= 11 is 5.95. The monoisotopic (exact) mass is 424 g/mol. The van der Waals surface area contributed by atoms with Crippen molar-refractivity contribution in [3.8, 4) is 0 Å². The Labute approximate surface area is 181 Å². The number of rotatable bonds is 4. The standard InChI is InChI=1S/C23H25ClN4O2/c24-17-12-10-15(11-13-17)20(29)14-27-19-9-5-4-8-18(19)22-25-21(26-28(22)23(27)30)16-6-2-1-3-7-16/h1-3,6-7,10-13,18-19,21-22,25-26H,4-5,8-9,14H2. The smallest absolute Gasteiger partial charge is 0.312 e. The second-order valence-electron chi connectivity index (χ2n) is 8.31. The maximum absolute atomic E-state index is 13.4. The van der Waals surface area contributed by atoms with Gasteiger partial charge in [0.05, 0.1) is 6.54 Å². The maximum atomic E-state index is 13.4. The van der Waals surface area contributed by atoms with Crippen LogP contribution in [0.15, 0.2) is 54.6 Å². The lowest BCUT2D eigenvalue weighted by Gasteiger charge is -2.49. The molecule has 3 fully saturated rings. The predicted octanol–water partition coefficient (Wildman–Crippen LogP) is 3.95. The van der Waals surface area contributed by atoms with Crippen molar-refractivity contribution in [2.75, 3.05) is 6.54 Å². The van der Waals surface area contributed by atoms with Crippen LogP contribution in [0.1, 0.15) is 47.8 Å². The topological polar surface area (TPSA) is 64.7 Å². The van der Waals surface area contributed by atoms with Crippen LogP contribution in [0.25, 0.3) is 0 Å². The first-order chi connectivity index (χ1) is 14.6. The molecule has 2 aromatic rings. The highest BCUT2D eigenvalue weighted by Crippen LogP contribution is 2.39. The molecule has 0 radical (unpaired) electrons. The number of carbonyl (C=O) groups excluding carboxylic acids is 2. The van der Waals surface area contributed by atoms with E-state index in [9.17, 15) is 9.59 Å². The van der Waals surface area contributed by atoms with Gasteiger partial charge in [-0.1, -0.05) is 54.8 Å². The molecule has 2 heterocycles. The average molecular weight is 425 g/mol. The van der Waals surface area contributed by atoms with E-state index in [0.717, 1.165) is 31.2 Å². The highest BCUT2D eigenvalue weighted by Gasteiger charge is 2.51. The summed E-state index contributed by atoms with van der Waals surface area (Å²) in [6.45, 7) is 0.0858. The molecule has 0 spiro atoms. The van der Waals surface area contributed by atoms with Crippen LogP contribution >= 0.6 is 11.6 Å². The Morgan fingerprint density at radius 3 is 2.53 bits per heavy atom. The molecule has 30 heavy (non-hydrogen) atoms. The molecule has 7 heteroatoms. The van der Waals surface area contributed by atoms with Gasteiger partial charge in [0.15, 0.2) is 5.78 Å². The third kappa shape index (κ3) is 3.49. The average Bonchev–Trinajstić information content (AvgIpc) is 3.24. The number of hydrogen-bond donors (Lipinski definition) is 2. The van der Waals surface area contributed by atoms with E-state index in [-0.39, 0.29) is 42.7 Å². The second kappa shape index (κ2) is 8.02. The van der Waals surface area contributed by atoms with Crippen LogP contribution in [0.2, 0.25) is 5.02 Å². The Morgan fingerprint density at radius 2 is 1.77 bits per heavy atom. The summed E-state index contributed by atoms with van der Waals surface area (Å²) in [6.07, 6.45) is 4.04. The van der Waals surface area contributed by atoms with E-state index in [1.807, 2.05) is 30.3 Å². The van der Waals surface area contributed by atoms with Crippen molar-refractivity contribution >= 4 is 23.4 Å². The van der Waals surface area contributed by atoms with Crippen LogP contribution in [0, 0.1) is 5.92 Å². The van der Waals surface area contributed by atoms with Gasteiger partial charge in [-0.3, -0.25) is 10.1 Å². The lowest BCUT2D eigenvalue weighted by molar-refractivity contribution is 0.00126. The molecule has 2 saturated heterocycles. The first kappa shape index (κ1) is 19.5. The first-order valence-electron chi connectivity index (χ1n) is 10.6. The number of hydrazine groups is 1. The minimum absolute atomic E-state index is 0.0603. The summed E-state index contributed by atoms with van der Waals surface area (Å²) in [6, 6.07) is 16.9. The number of fused-ring (bicyclic) bond motifs is 3. The van der Waals surface area contributed by atoms with Crippen molar-refractivity contribution in [1.82, 2.24) is 20.7 Å². The van der Waals surface area contributed by atoms with Gasteiger partial charge in [0.1, 0.15) is 12.3 Å². The third-order valence-electron chi connectivity index (χ3n) is 6.54. The zero-order chi connectivity index (χ0) is 20.7. The molecule has 0 aromatic heterocycles. The van der Waals surface area contributed by atoms with E-state index in [1.165, 1.54) is 0 Å². The Balaban J connectivity index is 1.40. The molecule has 4 unspecified atom stereocenters. The zero-order valence-corrected chi connectivity index (χ0v) is 17.4. The second-order valence-corrected chi connectivity index (χ2v) is 8.75. The van der Waals surface area contributed by atoms with Crippen LogP contribution in [0.3, 0.4) is 0 Å². The van der Waals surface area contributed by atoms with Crippen molar-refractivity contribution in [2.45, 2.75) is 44.1 Å². The Bertz CT molecular complexity index is 936. The molecule has 6 nitrogen and oxygen atoms in total. The van der Waals surface area contributed by atoms with Gasteiger partial charge in [0.25, 0.3) is 0 Å². The van der Waals surface area contributed by atoms with Gasteiger partial charge in [-0.15, -0.1) is 0 Å². The number of urea groups is 1. The number of Topliss-reactive ketones (excluding diaryl/α,β-unsaturated/α-hetero) is 1. The number of amides is 2. The Kier molecular flexibility index (Phi) is 5.23. The SMILES string of the molecule is O=C(CN1C(=O)N2NC(c3ccccc3)NC2C2CCCCC21)c1ccc(Cl)cc1. The lowest BCUT2D eigenvalue weighted by Crippen LogP contribution is -2.66. The molecule has 3 aliphatic rings. The van der Waals surface area contributed by atoms with Crippen molar-refractivity contribution < 1.29 is 9.59 Å². The van der Waals surface area contributed by atoms with Crippen LogP contribution in [0.5, 0.6) is 0 Å². The fraction of sp³-hybridized carbons (Fsp3) is 0.391. The van der Waals surface area contributed by atoms with Crippen molar-refractivity contribution in [1.29, 1.82) is 0 Å². The number of nitrogens with zero attached hydrogens (tertiary/aromatic N) is 2. The minimum atomic E-state index is -0.128. The summed E-state index contributed by atoms with van der Waals surface area (Å²) in [5.41, 5.74) is 5.02. The number of hydrogen-bond acceptors (Lipinski definition) is 4. The molecule has 5 rings (SSSR count). The molecule has 2 aliphatic heterocycles. The molecule has 0 bridgehead atoms. The van der Waals surface area contributed by atoms with Crippen molar-refractivity contribution in [3.05, 3.63) is 70.7 Å². The van der Waals surface area contributed by atoms with Crippen LogP contribution in [0.4, 0.5) is 4.79 Å². The molecule has 1 aliphatic carbocycles. The van der Waals surface area contributed by atoms with E-state index in [0.29, 0.717) is 10.6 Å². The van der Waals surface area contributed by atoms with Crippen LogP contribution < -0.4 is 10.7 Å². The number of ketones is 1. The summed E-state index contributed by atoms with van der Waals surface area (Å²) < 4.78 is 0. The van der Waals surface area contributed by atoms with Crippen LogP contribution in [-0.2, 0) is 0 Å². The number of nitrogens with one attached hydrogen (secondary N) is 2. The van der Waals surface area contributed by atoms with Gasteiger partial charge >= 0.3 is 6.03 Å². The molecular weight excluding hydrogens is 400 g/mol. The zero-order valence-electron chi connectivity index (χ0n) is 16.6. The molecule has 1 saturated carbocycles. The number of carbonyl (C=O) groups is 2. The van der Waals surface area contributed by atoms with Gasteiger partial charge in [-0.25, -0.2) is 15.2 Å². The summed E-state index contributed by atoms with van der Waals surface area (Å²) in [5, 5.41) is 5.92. The quantitative estimate of drug-likeness (QED) is 0.729. The third-order valence-corrected chi connectivity index (χ3v) is 6.79. The van der Waals surface area contributed by atoms with Gasteiger partial charge in [0.2, 0.25) is 0 Å². The maximum Gasteiger partial charge on any atom is 0.336 e. The van der Waals surface area contributed by atoms with E-state index >= 15 is 0 Å². The highest BCUT2D eigenvalue weighted by atomic mass is 35.5. The van der Waals surface area contributed by atoms with Gasteiger partial charge in [0, 0.05) is 22.5 Å². The fourth-order valence-corrected chi connectivity index (χ4v) is 5.18. The number of halogens is 1.